The highest BCUT2D eigenvalue weighted by Gasteiger charge is 2.10. The van der Waals surface area contributed by atoms with Crippen molar-refractivity contribution in [1.82, 2.24) is 0 Å². The number of ketones is 1. The Kier molecular flexibility index (Phi) is 5.46. The van der Waals surface area contributed by atoms with E-state index in [4.69, 9.17) is 11.6 Å². The molecule has 3 aromatic rings. The predicted molar refractivity (Wildman–Crippen MR) is 104 cm³/mol. The van der Waals surface area contributed by atoms with Crippen molar-refractivity contribution in [2.75, 3.05) is 0 Å². The number of benzene rings is 3. The molecule has 0 fully saturated rings. The van der Waals surface area contributed by atoms with Gasteiger partial charge in [-0.1, -0.05) is 72.0 Å². The summed E-state index contributed by atoms with van der Waals surface area (Å²) in [6, 6.07) is 26.1. The Balaban J connectivity index is 2.00. The summed E-state index contributed by atoms with van der Waals surface area (Å²) in [5.74, 6) is 5.97. The van der Waals surface area contributed by atoms with Gasteiger partial charge in [0.2, 0.25) is 5.78 Å². The fraction of sp³-hybridized carbons (Fsp3) is 0. The van der Waals surface area contributed by atoms with Crippen LogP contribution in [0.3, 0.4) is 0 Å². The van der Waals surface area contributed by atoms with E-state index in [9.17, 15) is 4.79 Å². The first-order valence-electron chi connectivity index (χ1n) is 7.86. The summed E-state index contributed by atoms with van der Waals surface area (Å²) in [4.78, 5) is 12.9. The van der Waals surface area contributed by atoms with Gasteiger partial charge in [-0.15, -0.1) is 0 Å². The molecule has 2 heteroatoms. The number of hydrogen-bond donors (Lipinski definition) is 0. The highest BCUT2D eigenvalue weighted by molar-refractivity contribution is 6.30. The van der Waals surface area contributed by atoms with Crippen LogP contribution < -0.4 is 0 Å². The summed E-state index contributed by atoms with van der Waals surface area (Å²) in [6.07, 6.45) is 1.81. The maximum absolute atomic E-state index is 12.9. The zero-order valence-corrected chi connectivity index (χ0v) is 14.2. The molecular weight excluding hydrogens is 328 g/mol. The van der Waals surface area contributed by atoms with Gasteiger partial charge in [-0.25, -0.2) is 0 Å². The van der Waals surface area contributed by atoms with Crippen LogP contribution in [0.15, 0.2) is 90.5 Å². The van der Waals surface area contributed by atoms with Gasteiger partial charge in [0.1, 0.15) is 0 Å². The van der Waals surface area contributed by atoms with Gasteiger partial charge >= 0.3 is 0 Å². The van der Waals surface area contributed by atoms with Gasteiger partial charge in [0, 0.05) is 16.1 Å². The lowest BCUT2D eigenvalue weighted by atomic mass is 10.0. The molecule has 0 N–H and O–H groups in total. The molecule has 0 unspecified atom stereocenters. The summed E-state index contributed by atoms with van der Waals surface area (Å²) < 4.78 is 0. The lowest BCUT2D eigenvalue weighted by Gasteiger charge is -2.02. The smallest absolute Gasteiger partial charge is 0.201 e. The van der Waals surface area contributed by atoms with Gasteiger partial charge in [-0.2, -0.15) is 0 Å². The fourth-order valence-corrected chi connectivity index (χ4v) is 2.42. The molecule has 0 aromatic heterocycles. The van der Waals surface area contributed by atoms with Gasteiger partial charge in [0.25, 0.3) is 0 Å². The van der Waals surface area contributed by atoms with Crippen molar-refractivity contribution in [3.63, 3.8) is 0 Å². The minimum atomic E-state index is -0.121. The molecular formula is C23H15ClO. The molecule has 0 saturated heterocycles. The summed E-state index contributed by atoms with van der Waals surface area (Å²) in [5.41, 5.74) is 2.80. The van der Waals surface area contributed by atoms with E-state index in [1.807, 2.05) is 66.7 Å². The standard InChI is InChI=1S/C23H15ClO/c24-22-15-13-20(14-16-22)23(25)21(17-19-9-5-2-6-10-19)12-11-18-7-3-1-4-8-18/h1-10,13-17H/b21-17+. The van der Waals surface area contributed by atoms with Crippen molar-refractivity contribution in [2.45, 2.75) is 0 Å². The van der Waals surface area contributed by atoms with Crippen molar-refractivity contribution in [3.05, 3.63) is 112 Å². The average Bonchev–Trinajstić information content (AvgIpc) is 2.67. The second-order valence-electron chi connectivity index (χ2n) is 5.42. The Morgan fingerprint density at radius 3 is 2.04 bits per heavy atom. The second kappa shape index (κ2) is 8.15. The van der Waals surface area contributed by atoms with Crippen molar-refractivity contribution in [3.8, 4) is 11.8 Å². The van der Waals surface area contributed by atoms with Crippen molar-refractivity contribution in [1.29, 1.82) is 0 Å². The maximum Gasteiger partial charge on any atom is 0.201 e. The van der Waals surface area contributed by atoms with E-state index < -0.39 is 0 Å². The normalized spacial score (nSPS) is 10.7. The van der Waals surface area contributed by atoms with E-state index in [1.54, 1.807) is 24.3 Å². The van der Waals surface area contributed by atoms with Crippen LogP contribution in [-0.2, 0) is 0 Å². The first-order valence-corrected chi connectivity index (χ1v) is 8.24. The summed E-state index contributed by atoms with van der Waals surface area (Å²) in [6.45, 7) is 0. The fourth-order valence-electron chi connectivity index (χ4n) is 2.29. The second-order valence-corrected chi connectivity index (χ2v) is 5.86. The first kappa shape index (κ1) is 16.8. The molecule has 0 atom stereocenters. The lowest BCUT2D eigenvalue weighted by molar-refractivity contribution is 0.104. The number of allylic oxidation sites excluding steroid dienone is 1. The zero-order valence-electron chi connectivity index (χ0n) is 13.4. The number of carbonyl (C=O) groups excluding carboxylic acids is 1. The Morgan fingerprint density at radius 1 is 0.800 bits per heavy atom. The van der Waals surface area contributed by atoms with Gasteiger partial charge in [0.05, 0.1) is 5.57 Å². The summed E-state index contributed by atoms with van der Waals surface area (Å²) in [5, 5.41) is 0.598. The van der Waals surface area contributed by atoms with Crippen LogP contribution in [0.5, 0.6) is 0 Å². The molecule has 120 valence electrons. The molecule has 0 aliphatic carbocycles. The molecule has 0 radical (unpaired) electrons. The molecule has 0 saturated carbocycles. The van der Waals surface area contributed by atoms with E-state index in [0.29, 0.717) is 16.2 Å². The molecule has 1 nitrogen and oxygen atoms in total. The average molecular weight is 343 g/mol. The van der Waals surface area contributed by atoms with Crippen LogP contribution in [0, 0.1) is 11.8 Å². The van der Waals surface area contributed by atoms with E-state index >= 15 is 0 Å². The molecule has 0 amide bonds. The quantitative estimate of drug-likeness (QED) is 0.341. The van der Waals surface area contributed by atoms with E-state index in [-0.39, 0.29) is 5.78 Å². The van der Waals surface area contributed by atoms with E-state index in [1.165, 1.54) is 0 Å². The number of carbonyl (C=O) groups is 1. The zero-order chi connectivity index (χ0) is 17.5. The van der Waals surface area contributed by atoms with Gasteiger partial charge in [-0.05, 0) is 48.0 Å². The molecule has 0 aliphatic heterocycles. The van der Waals surface area contributed by atoms with E-state index in [2.05, 4.69) is 11.8 Å². The molecule has 3 aromatic carbocycles. The largest absolute Gasteiger partial charge is 0.288 e. The highest BCUT2D eigenvalue weighted by Crippen LogP contribution is 2.15. The van der Waals surface area contributed by atoms with Crippen LogP contribution in [0.2, 0.25) is 5.02 Å². The minimum absolute atomic E-state index is 0.121. The monoisotopic (exact) mass is 342 g/mol. The van der Waals surface area contributed by atoms with Crippen LogP contribution >= 0.6 is 11.6 Å². The van der Waals surface area contributed by atoms with Crippen LogP contribution in [-0.4, -0.2) is 5.78 Å². The Labute approximate surface area is 152 Å². The van der Waals surface area contributed by atoms with Gasteiger partial charge < -0.3 is 0 Å². The lowest BCUT2D eigenvalue weighted by Crippen LogP contribution is -2.02. The van der Waals surface area contributed by atoms with Crippen LogP contribution in [0.4, 0.5) is 0 Å². The Hall–Kier alpha value is -3.08. The minimum Gasteiger partial charge on any atom is -0.288 e. The van der Waals surface area contributed by atoms with Crippen molar-refractivity contribution >= 4 is 23.5 Å². The SMILES string of the molecule is O=C(/C(C#Cc1ccccc1)=C/c1ccccc1)c1ccc(Cl)cc1. The van der Waals surface area contributed by atoms with Gasteiger partial charge in [0.15, 0.2) is 0 Å². The van der Waals surface area contributed by atoms with Gasteiger partial charge in [-0.3, -0.25) is 4.79 Å². The molecule has 0 heterocycles. The molecule has 25 heavy (non-hydrogen) atoms. The highest BCUT2D eigenvalue weighted by atomic mass is 35.5. The van der Waals surface area contributed by atoms with Crippen molar-refractivity contribution in [2.24, 2.45) is 0 Å². The van der Waals surface area contributed by atoms with E-state index in [0.717, 1.165) is 11.1 Å². The maximum atomic E-state index is 12.9. The number of halogens is 1. The van der Waals surface area contributed by atoms with Crippen LogP contribution in [0.25, 0.3) is 6.08 Å². The molecule has 0 bridgehead atoms. The van der Waals surface area contributed by atoms with Crippen molar-refractivity contribution < 1.29 is 4.79 Å². The Morgan fingerprint density at radius 2 is 1.40 bits per heavy atom. The Bertz CT molecular complexity index is 944. The first-order chi connectivity index (χ1) is 12.2. The topological polar surface area (TPSA) is 17.1 Å². The molecule has 0 spiro atoms. The number of Topliss-reactive ketones (excluding diaryl/α,β-unsaturated/α-hetero) is 1. The van der Waals surface area contributed by atoms with Crippen LogP contribution in [0.1, 0.15) is 21.5 Å². The number of rotatable bonds is 3. The third kappa shape index (κ3) is 4.70. The predicted octanol–water partition coefficient (Wildman–Crippen LogP) is 5.66. The number of hydrogen-bond acceptors (Lipinski definition) is 1. The summed E-state index contributed by atoms with van der Waals surface area (Å²) in [7, 11) is 0. The third-order valence-electron chi connectivity index (χ3n) is 3.58. The summed E-state index contributed by atoms with van der Waals surface area (Å²) >= 11 is 5.91. The third-order valence-corrected chi connectivity index (χ3v) is 3.83. The molecule has 0 aliphatic rings. The molecule has 3 rings (SSSR count).